The third kappa shape index (κ3) is 2.11. The normalized spacial score (nSPS) is 26.7. The van der Waals surface area contributed by atoms with Gasteiger partial charge in [-0.05, 0) is 37.8 Å². The van der Waals surface area contributed by atoms with Crippen molar-refractivity contribution in [2.24, 2.45) is 5.92 Å². The summed E-state index contributed by atoms with van der Waals surface area (Å²) in [6.07, 6.45) is 2.43. The highest BCUT2D eigenvalue weighted by molar-refractivity contribution is 5.39. The van der Waals surface area contributed by atoms with E-state index < -0.39 is 5.95 Å². The lowest BCUT2D eigenvalue weighted by molar-refractivity contribution is 0.360. The molecule has 1 aliphatic rings. The Morgan fingerprint density at radius 2 is 2.20 bits per heavy atom. The van der Waals surface area contributed by atoms with E-state index in [1.54, 1.807) is 6.07 Å². The smallest absolute Gasteiger partial charge is 0.214 e. The predicted molar refractivity (Wildman–Crippen MR) is 59.4 cm³/mol. The third-order valence-corrected chi connectivity index (χ3v) is 3.37. The summed E-state index contributed by atoms with van der Waals surface area (Å²) in [5, 5.41) is 0. The molecule has 1 saturated heterocycles. The second-order valence-electron chi connectivity index (χ2n) is 4.37. The van der Waals surface area contributed by atoms with E-state index >= 15 is 0 Å². The van der Waals surface area contributed by atoms with E-state index in [1.807, 2.05) is 6.07 Å². The van der Waals surface area contributed by atoms with Gasteiger partial charge in [0, 0.05) is 12.6 Å². The van der Waals surface area contributed by atoms with E-state index in [4.69, 9.17) is 0 Å². The fourth-order valence-electron chi connectivity index (χ4n) is 2.22. The highest BCUT2D eigenvalue weighted by atomic mass is 19.1. The fraction of sp³-hybridized carbons (Fsp3) is 0.583. The van der Waals surface area contributed by atoms with Crippen molar-refractivity contribution in [2.45, 2.75) is 32.7 Å². The number of halogens is 1. The van der Waals surface area contributed by atoms with Crippen LogP contribution in [0.3, 0.4) is 0 Å². The summed E-state index contributed by atoms with van der Waals surface area (Å²) >= 11 is 0. The molecular formula is C12H17FN2. The summed E-state index contributed by atoms with van der Waals surface area (Å²) in [5.41, 5.74) is 0. The molecule has 3 heteroatoms. The fourth-order valence-corrected chi connectivity index (χ4v) is 2.22. The summed E-state index contributed by atoms with van der Waals surface area (Å²) in [5.74, 6) is 1.04. The number of nitrogens with zero attached hydrogens (tertiary/aromatic N) is 2. The molecule has 2 unspecified atom stereocenters. The van der Waals surface area contributed by atoms with E-state index in [2.05, 4.69) is 23.7 Å². The number of pyridine rings is 1. The van der Waals surface area contributed by atoms with Gasteiger partial charge in [-0.15, -0.1) is 0 Å². The first-order valence-corrected chi connectivity index (χ1v) is 5.57. The van der Waals surface area contributed by atoms with Crippen molar-refractivity contribution >= 4 is 5.82 Å². The van der Waals surface area contributed by atoms with Crippen molar-refractivity contribution < 1.29 is 4.39 Å². The Morgan fingerprint density at radius 3 is 2.93 bits per heavy atom. The number of hydrogen-bond donors (Lipinski definition) is 0. The molecule has 0 spiro atoms. The maximum atomic E-state index is 13.0. The van der Waals surface area contributed by atoms with Crippen molar-refractivity contribution in [3.63, 3.8) is 0 Å². The van der Waals surface area contributed by atoms with Crippen molar-refractivity contribution in [2.75, 3.05) is 11.4 Å². The van der Waals surface area contributed by atoms with Crippen molar-refractivity contribution in [3.8, 4) is 0 Å². The molecule has 0 aromatic carbocycles. The van der Waals surface area contributed by atoms with Gasteiger partial charge in [0.25, 0.3) is 0 Å². The number of anilines is 1. The molecule has 82 valence electrons. The largest absolute Gasteiger partial charge is 0.354 e. The molecule has 0 bridgehead atoms. The standard InChI is InChI=1S/C12H17FN2/c1-9-5-4-8-15(10(9)2)12-7-3-6-11(13)14-12/h3,6-7,9-10H,4-5,8H2,1-2H3. The summed E-state index contributed by atoms with van der Waals surface area (Å²) < 4.78 is 13.0. The van der Waals surface area contributed by atoms with Crippen LogP contribution >= 0.6 is 0 Å². The second-order valence-corrected chi connectivity index (χ2v) is 4.37. The van der Waals surface area contributed by atoms with Gasteiger partial charge in [0.2, 0.25) is 5.95 Å². The Balaban J connectivity index is 2.22. The Bertz CT molecular complexity index is 340. The van der Waals surface area contributed by atoms with Gasteiger partial charge in [-0.3, -0.25) is 0 Å². The topological polar surface area (TPSA) is 16.1 Å². The quantitative estimate of drug-likeness (QED) is 0.660. The Labute approximate surface area is 90.1 Å². The van der Waals surface area contributed by atoms with Gasteiger partial charge in [-0.1, -0.05) is 13.0 Å². The molecule has 1 aromatic heterocycles. The van der Waals surface area contributed by atoms with Crippen molar-refractivity contribution in [3.05, 3.63) is 24.1 Å². The molecule has 0 radical (unpaired) electrons. The highest BCUT2D eigenvalue weighted by Crippen LogP contribution is 2.26. The van der Waals surface area contributed by atoms with Gasteiger partial charge in [0.05, 0.1) is 0 Å². The van der Waals surface area contributed by atoms with Gasteiger partial charge >= 0.3 is 0 Å². The number of piperidine rings is 1. The molecule has 0 N–H and O–H groups in total. The van der Waals surface area contributed by atoms with Crippen LogP contribution in [0.1, 0.15) is 26.7 Å². The molecule has 0 amide bonds. The van der Waals surface area contributed by atoms with Crippen LogP contribution in [0, 0.1) is 11.9 Å². The molecule has 15 heavy (non-hydrogen) atoms. The maximum Gasteiger partial charge on any atom is 0.214 e. The van der Waals surface area contributed by atoms with Crippen LogP contribution in [0.25, 0.3) is 0 Å². The van der Waals surface area contributed by atoms with E-state index in [-0.39, 0.29) is 0 Å². The SMILES string of the molecule is CC1CCCN(c2cccc(F)n2)C1C. The number of rotatable bonds is 1. The molecule has 2 atom stereocenters. The lowest BCUT2D eigenvalue weighted by Crippen LogP contribution is -2.42. The lowest BCUT2D eigenvalue weighted by atomic mass is 9.92. The van der Waals surface area contributed by atoms with Gasteiger partial charge in [0.15, 0.2) is 0 Å². The van der Waals surface area contributed by atoms with Gasteiger partial charge in [-0.2, -0.15) is 4.39 Å². The van der Waals surface area contributed by atoms with Gasteiger partial charge in [-0.25, -0.2) is 4.98 Å². The Morgan fingerprint density at radius 1 is 1.40 bits per heavy atom. The zero-order valence-corrected chi connectivity index (χ0v) is 9.28. The van der Waals surface area contributed by atoms with Crippen molar-refractivity contribution in [1.82, 2.24) is 4.98 Å². The third-order valence-electron chi connectivity index (χ3n) is 3.37. The average Bonchev–Trinajstić information content (AvgIpc) is 2.22. The molecule has 1 aromatic rings. The molecule has 0 aliphatic carbocycles. The van der Waals surface area contributed by atoms with E-state index in [9.17, 15) is 4.39 Å². The molecule has 2 heterocycles. The van der Waals surface area contributed by atoms with Crippen LogP contribution in [0.5, 0.6) is 0 Å². The molecule has 2 nitrogen and oxygen atoms in total. The summed E-state index contributed by atoms with van der Waals surface area (Å²) in [7, 11) is 0. The number of aromatic nitrogens is 1. The molecule has 1 fully saturated rings. The summed E-state index contributed by atoms with van der Waals surface area (Å²) in [6, 6.07) is 5.45. The number of hydrogen-bond acceptors (Lipinski definition) is 2. The van der Waals surface area contributed by atoms with Crippen LogP contribution < -0.4 is 4.90 Å². The Hall–Kier alpha value is -1.12. The zero-order chi connectivity index (χ0) is 10.8. The minimum atomic E-state index is -0.391. The predicted octanol–water partition coefficient (Wildman–Crippen LogP) is 2.85. The molecular weight excluding hydrogens is 191 g/mol. The lowest BCUT2D eigenvalue weighted by Gasteiger charge is -2.38. The van der Waals surface area contributed by atoms with E-state index in [0.29, 0.717) is 12.0 Å². The first kappa shape index (κ1) is 10.4. The van der Waals surface area contributed by atoms with E-state index in [0.717, 1.165) is 12.4 Å². The molecule has 0 saturated carbocycles. The van der Waals surface area contributed by atoms with Gasteiger partial charge < -0.3 is 4.90 Å². The monoisotopic (exact) mass is 208 g/mol. The van der Waals surface area contributed by atoms with E-state index in [1.165, 1.54) is 18.9 Å². The highest BCUT2D eigenvalue weighted by Gasteiger charge is 2.25. The van der Waals surface area contributed by atoms with Crippen molar-refractivity contribution in [1.29, 1.82) is 0 Å². The second kappa shape index (κ2) is 4.17. The van der Waals surface area contributed by atoms with Crippen LogP contribution in [0.15, 0.2) is 18.2 Å². The summed E-state index contributed by atoms with van der Waals surface area (Å²) in [4.78, 5) is 6.15. The Kier molecular flexibility index (Phi) is 2.89. The van der Waals surface area contributed by atoms with Crippen LogP contribution in [-0.4, -0.2) is 17.6 Å². The van der Waals surface area contributed by atoms with Crippen LogP contribution in [0.2, 0.25) is 0 Å². The zero-order valence-electron chi connectivity index (χ0n) is 9.28. The first-order valence-electron chi connectivity index (χ1n) is 5.57. The minimum absolute atomic E-state index is 0.391. The molecule has 2 rings (SSSR count). The first-order chi connectivity index (χ1) is 7.18. The van der Waals surface area contributed by atoms with Crippen LogP contribution in [-0.2, 0) is 0 Å². The van der Waals surface area contributed by atoms with Crippen LogP contribution in [0.4, 0.5) is 10.2 Å². The minimum Gasteiger partial charge on any atom is -0.354 e. The summed E-state index contributed by atoms with van der Waals surface area (Å²) in [6.45, 7) is 5.43. The average molecular weight is 208 g/mol. The molecule has 1 aliphatic heterocycles. The van der Waals surface area contributed by atoms with Gasteiger partial charge in [0.1, 0.15) is 5.82 Å². The maximum absolute atomic E-state index is 13.0.